The number of pyridine rings is 1. The number of carbonyl (C=O) groups is 2. The SMILES string of the molecule is Nc1cnccc1[C@H]1CCC[C@@H](N2C(=O)c3ccccc3C2=O)C1. The van der Waals surface area contributed by atoms with E-state index in [1.54, 1.807) is 36.7 Å². The van der Waals surface area contributed by atoms with Gasteiger partial charge in [-0.25, -0.2) is 0 Å². The molecular formula is C19H19N3O2. The molecule has 0 unspecified atom stereocenters. The summed E-state index contributed by atoms with van der Waals surface area (Å²) in [5, 5.41) is 0. The Hall–Kier alpha value is -2.69. The average Bonchev–Trinajstić information content (AvgIpc) is 2.87. The highest BCUT2D eigenvalue weighted by atomic mass is 16.2. The van der Waals surface area contributed by atoms with Gasteiger partial charge >= 0.3 is 0 Å². The Bertz CT molecular complexity index is 783. The third kappa shape index (κ3) is 2.28. The van der Waals surface area contributed by atoms with E-state index in [9.17, 15) is 9.59 Å². The number of nitrogens with two attached hydrogens (primary N) is 1. The van der Waals surface area contributed by atoms with E-state index in [1.165, 1.54) is 4.90 Å². The van der Waals surface area contributed by atoms with Gasteiger partial charge in [0, 0.05) is 12.2 Å². The molecule has 2 N–H and O–H groups in total. The zero-order chi connectivity index (χ0) is 16.7. The summed E-state index contributed by atoms with van der Waals surface area (Å²) in [7, 11) is 0. The van der Waals surface area contributed by atoms with Crippen LogP contribution in [0.3, 0.4) is 0 Å². The largest absolute Gasteiger partial charge is 0.397 e. The van der Waals surface area contributed by atoms with E-state index in [2.05, 4.69) is 4.98 Å². The molecule has 5 nitrogen and oxygen atoms in total. The molecule has 1 aliphatic carbocycles. The average molecular weight is 321 g/mol. The molecule has 2 aromatic rings. The van der Waals surface area contributed by atoms with E-state index in [4.69, 9.17) is 5.73 Å². The minimum Gasteiger partial charge on any atom is -0.397 e. The first-order valence-corrected chi connectivity index (χ1v) is 8.33. The number of imide groups is 1. The number of benzene rings is 1. The van der Waals surface area contributed by atoms with Crippen molar-refractivity contribution in [1.82, 2.24) is 9.88 Å². The highest BCUT2D eigenvalue weighted by Crippen LogP contribution is 2.39. The number of hydrogen-bond acceptors (Lipinski definition) is 4. The summed E-state index contributed by atoms with van der Waals surface area (Å²) in [6, 6.07) is 8.95. The van der Waals surface area contributed by atoms with E-state index in [1.807, 2.05) is 6.07 Å². The van der Waals surface area contributed by atoms with Gasteiger partial charge in [0.05, 0.1) is 23.0 Å². The molecule has 0 saturated heterocycles. The van der Waals surface area contributed by atoms with Gasteiger partial charge in [-0.3, -0.25) is 19.5 Å². The summed E-state index contributed by atoms with van der Waals surface area (Å²) in [5.74, 6) is -0.0658. The van der Waals surface area contributed by atoms with Crippen molar-refractivity contribution < 1.29 is 9.59 Å². The second-order valence-electron chi connectivity index (χ2n) is 6.55. The number of nitrogens with zero attached hydrogens (tertiary/aromatic N) is 2. The number of nitrogen functional groups attached to an aromatic ring is 1. The van der Waals surface area contributed by atoms with Crippen LogP contribution in [0.2, 0.25) is 0 Å². The van der Waals surface area contributed by atoms with Crippen molar-refractivity contribution >= 4 is 17.5 Å². The van der Waals surface area contributed by atoms with Gasteiger partial charge in [-0.1, -0.05) is 18.6 Å². The van der Waals surface area contributed by atoms with Crippen LogP contribution in [0.5, 0.6) is 0 Å². The molecule has 2 amide bonds. The highest BCUT2D eigenvalue weighted by molar-refractivity contribution is 6.21. The van der Waals surface area contributed by atoms with E-state index in [-0.39, 0.29) is 23.8 Å². The lowest BCUT2D eigenvalue weighted by atomic mass is 9.80. The number of fused-ring (bicyclic) bond motifs is 1. The van der Waals surface area contributed by atoms with Gasteiger partial charge in [0.15, 0.2) is 0 Å². The Kier molecular flexibility index (Phi) is 3.56. The molecule has 0 radical (unpaired) electrons. The van der Waals surface area contributed by atoms with Crippen LogP contribution in [0.25, 0.3) is 0 Å². The van der Waals surface area contributed by atoms with Crippen molar-refractivity contribution in [3.05, 3.63) is 59.4 Å². The predicted molar refractivity (Wildman–Crippen MR) is 90.6 cm³/mol. The van der Waals surface area contributed by atoms with E-state index in [0.29, 0.717) is 16.8 Å². The standard InChI is InChI=1S/C19H19N3O2/c20-17-11-21-9-8-14(17)12-4-3-5-13(10-12)22-18(23)15-6-1-2-7-16(15)19(22)24/h1-2,6-9,11-13H,3-5,10,20H2/t12-,13+/m0/s1. The fourth-order valence-corrected chi connectivity index (χ4v) is 4.01. The molecule has 1 aromatic heterocycles. The Labute approximate surface area is 140 Å². The van der Waals surface area contributed by atoms with Gasteiger partial charge in [-0.15, -0.1) is 0 Å². The molecule has 1 aromatic carbocycles. The van der Waals surface area contributed by atoms with E-state index in [0.717, 1.165) is 31.2 Å². The third-order valence-electron chi connectivity index (χ3n) is 5.16. The summed E-state index contributed by atoms with van der Waals surface area (Å²) in [6.45, 7) is 0. The molecule has 1 saturated carbocycles. The molecule has 1 aliphatic heterocycles. The maximum absolute atomic E-state index is 12.7. The van der Waals surface area contributed by atoms with Gasteiger partial charge in [-0.2, -0.15) is 0 Å². The number of aromatic nitrogens is 1. The molecule has 0 spiro atoms. The summed E-state index contributed by atoms with van der Waals surface area (Å²) in [6.07, 6.45) is 7.03. The first-order chi connectivity index (χ1) is 11.7. The molecule has 122 valence electrons. The smallest absolute Gasteiger partial charge is 0.261 e. The second kappa shape index (κ2) is 5.74. The lowest BCUT2D eigenvalue weighted by molar-refractivity contribution is 0.0540. The third-order valence-corrected chi connectivity index (χ3v) is 5.16. The first-order valence-electron chi connectivity index (χ1n) is 8.33. The van der Waals surface area contributed by atoms with Crippen molar-refractivity contribution in [3.8, 4) is 0 Å². The number of rotatable bonds is 2. The number of anilines is 1. The van der Waals surface area contributed by atoms with Crippen LogP contribution in [0.4, 0.5) is 5.69 Å². The second-order valence-corrected chi connectivity index (χ2v) is 6.55. The Morgan fingerprint density at radius 2 is 1.75 bits per heavy atom. The molecule has 2 heterocycles. The van der Waals surface area contributed by atoms with Gasteiger partial charge in [0.25, 0.3) is 11.8 Å². The van der Waals surface area contributed by atoms with Crippen molar-refractivity contribution in [3.63, 3.8) is 0 Å². The van der Waals surface area contributed by atoms with Crippen molar-refractivity contribution in [2.24, 2.45) is 0 Å². The number of carbonyl (C=O) groups excluding carboxylic acids is 2. The normalized spacial score (nSPS) is 23.4. The zero-order valence-corrected chi connectivity index (χ0v) is 13.3. The van der Waals surface area contributed by atoms with Crippen LogP contribution in [0, 0.1) is 0 Å². The van der Waals surface area contributed by atoms with Crippen molar-refractivity contribution in [2.45, 2.75) is 37.6 Å². The van der Waals surface area contributed by atoms with Gasteiger partial charge < -0.3 is 5.73 Å². The molecule has 2 atom stereocenters. The summed E-state index contributed by atoms with van der Waals surface area (Å²) in [5.41, 5.74) is 8.87. The first kappa shape index (κ1) is 14.9. The minimum atomic E-state index is -0.163. The summed E-state index contributed by atoms with van der Waals surface area (Å²) >= 11 is 0. The van der Waals surface area contributed by atoms with Crippen LogP contribution in [-0.4, -0.2) is 27.7 Å². The van der Waals surface area contributed by atoms with Crippen molar-refractivity contribution in [1.29, 1.82) is 0 Å². The lowest BCUT2D eigenvalue weighted by Crippen LogP contribution is -2.42. The monoisotopic (exact) mass is 321 g/mol. The Balaban J connectivity index is 1.61. The summed E-state index contributed by atoms with van der Waals surface area (Å²) < 4.78 is 0. The van der Waals surface area contributed by atoms with Crippen LogP contribution < -0.4 is 5.73 Å². The fourth-order valence-electron chi connectivity index (χ4n) is 4.01. The van der Waals surface area contributed by atoms with Crippen LogP contribution in [0.1, 0.15) is 57.9 Å². The van der Waals surface area contributed by atoms with Crippen LogP contribution >= 0.6 is 0 Å². The van der Waals surface area contributed by atoms with Crippen molar-refractivity contribution in [2.75, 3.05) is 5.73 Å². The lowest BCUT2D eigenvalue weighted by Gasteiger charge is -2.34. The summed E-state index contributed by atoms with van der Waals surface area (Å²) in [4.78, 5) is 30.9. The van der Waals surface area contributed by atoms with Gasteiger partial charge in [0.1, 0.15) is 0 Å². The maximum atomic E-state index is 12.7. The minimum absolute atomic E-state index is 0.0660. The molecule has 2 aliphatic rings. The number of hydrogen-bond donors (Lipinski definition) is 1. The highest BCUT2D eigenvalue weighted by Gasteiger charge is 2.41. The fraction of sp³-hybridized carbons (Fsp3) is 0.316. The molecule has 4 rings (SSSR count). The molecule has 1 fully saturated rings. The predicted octanol–water partition coefficient (Wildman–Crippen LogP) is 2.99. The van der Waals surface area contributed by atoms with Crippen LogP contribution in [0.15, 0.2) is 42.7 Å². The van der Waals surface area contributed by atoms with Gasteiger partial charge in [0.2, 0.25) is 0 Å². The zero-order valence-electron chi connectivity index (χ0n) is 13.3. The number of amides is 2. The Morgan fingerprint density at radius 3 is 2.42 bits per heavy atom. The molecule has 5 heteroatoms. The van der Waals surface area contributed by atoms with Gasteiger partial charge in [-0.05, 0) is 48.9 Å². The van der Waals surface area contributed by atoms with Crippen LogP contribution in [-0.2, 0) is 0 Å². The Morgan fingerprint density at radius 1 is 1.04 bits per heavy atom. The molecule has 24 heavy (non-hydrogen) atoms. The topological polar surface area (TPSA) is 76.3 Å². The maximum Gasteiger partial charge on any atom is 0.261 e. The van der Waals surface area contributed by atoms with E-state index < -0.39 is 0 Å². The molecule has 0 bridgehead atoms. The molecular weight excluding hydrogens is 302 g/mol. The quantitative estimate of drug-likeness (QED) is 0.863. The van der Waals surface area contributed by atoms with E-state index >= 15 is 0 Å².